The van der Waals surface area contributed by atoms with Crippen LogP contribution in [-0.2, 0) is 6.54 Å². The smallest absolute Gasteiger partial charge is 0.272 e. The second kappa shape index (κ2) is 7.38. The quantitative estimate of drug-likeness (QED) is 0.826. The van der Waals surface area contributed by atoms with Crippen molar-refractivity contribution in [2.75, 3.05) is 6.61 Å². The minimum absolute atomic E-state index is 0.230. The summed E-state index contributed by atoms with van der Waals surface area (Å²) >= 11 is 0. The van der Waals surface area contributed by atoms with Crippen molar-refractivity contribution in [3.63, 3.8) is 0 Å². The van der Waals surface area contributed by atoms with Gasteiger partial charge in [0.1, 0.15) is 0 Å². The van der Waals surface area contributed by atoms with Crippen LogP contribution in [0.5, 0.6) is 5.88 Å². The largest absolute Gasteiger partial charge is 0.472 e. The van der Waals surface area contributed by atoms with Gasteiger partial charge in [-0.2, -0.15) is 0 Å². The summed E-state index contributed by atoms with van der Waals surface area (Å²) in [6.07, 6.45) is -2.48. The van der Waals surface area contributed by atoms with E-state index in [1.165, 1.54) is 0 Å². The molecule has 1 rings (SSSR count). The fraction of sp³-hybridized carbons (Fsp3) is 0.643. The lowest BCUT2D eigenvalue weighted by atomic mass is 10.1. The third-order valence-corrected chi connectivity index (χ3v) is 2.54. The maximum atomic E-state index is 12.2. The molecule has 19 heavy (non-hydrogen) atoms. The van der Waals surface area contributed by atoms with E-state index in [4.69, 9.17) is 4.74 Å². The van der Waals surface area contributed by atoms with E-state index in [1.54, 1.807) is 6.07 Å². The van der Waals surface area contributed by atoms with E-state index in [1.807, 2.05) is 19.9 Å². The maximum Gasteiger partial charge on any atom is 0.272 e. The van der Waals surface area contributed by atoms with Crippen molar-refractivity contribution in [3.05, 3.63) is 23.4 Å². The van der Waals surface area contributed by atoms with E-state index in [9.17, 15) is 8.78 Å². The number of ether oxygens (including phenoxy) is 1. The highest BCUT2D eigenvalue weighted by Crippen LogP contribution is 2.19. The average Bonchev–Trinajstić information content (AvgIpc) is 2.33. The van der Waals surface area contributed by atoms with Crippen LogP contribution in [0.4, 0.5) is 8.78 Å². The number of alkyl halides is 2. The van der Waals surface area contributed by atoms with Gasteiger partial charge in [0.15, 0.2) is 6.61 Å². The molecule has 0 amide bonds. The minimum atomic E-state index is -2.48. The van der Waals surface area contributed by atoms with Crippen LogP contribution in [-0.4, -0.2) is 24.1 Å². The molecular formula is C14H22F2N2O. The van der Waals surface area contributed by atoms with Crippen molar-refractivity contribution in [3.8, 4) is 5.88 Å². The first kappa shape index (κ1) is 15.8. The highest BCUT2D eigenvalue weighted by Gasteiger charge is 2.10. The first-order valence-corrected chi connectivity index (χ1v) is 6.53. The van der Waals surface area contributed by atoms with Gasteiger partial charge in [0.2, 0.25) is 5.88 Å². The van der Waals surface area contributed by atoms with Crippen molar-refractivity contribution in [2.45, 2.75) is 52.6 Å². The van der Waals surface area contributed by atoms with Crippen LogP contribution in [0.25, 0.3) is 0 Å². The molecule has 0 aliphatic heterocycles. The van der Waals surface area contributed by atoms with E-state index in [-0.39, 0.29) is 11.8 Å². The monoisotopic (exact) mass is 272 g/mol. The van der Waals surface area contributed by atoms with Crippen LogP contribution in [0, 0.1) is 0 Å². The van der Waals surface area contributed by atoms with Gasteiger partial charge in [0.05, 0.1) is 0 Å². The number of halogens is 2. The van der Waals surface area contributed by atoms with Crippen LogP contribution in [0.15, 0.2) is 12.1 Å². The molecule has 0 aromatic carbocycles. The zero-order chi connectivity index (χ0) is 14.4. The van der Waals surface area contributed by atoms with Crippen molar-refractivity contribution < 1.29 is 13.5 Å². The van der Waals surface area contributed by atoms with Gasteiger partial charge in [-0.15, -0.1) is 0 Å². The molecule has 1 aromatic rings. The summed E-state index contributed by atoms with van der Waals surface area (Å²) in [4.78, 5) is 4.25. The number of aromatic nitrogens is 1. The molecule has 0 saturated carbocycles. The standard InChI is InChI=1S/C14H22F2N2O/c1-9(2)12-5-11(7-17-10(3)4)6-14(18-12)19-8-13(15)16/h5-6,9-10,13,17H,7-8H2,1-4H3. The SMILES string of the molecule is CC(C)NCc1cc(OCC(F)F)nc(C(C)C)c1. The molecule has 1 heterocycles. The summed E-state index contributed by atoms with van der Waals surface area (Å²) in [6.45, 7) is 8.19. The van der Waals surface area contributed by atoms with Crippen LogP contribution in [0.1, 0.15) is 44.9 Å². The van der Waals surface area contributed by atoms with Crippen LogP contribution < -0.4 is 10.1 Å². The molecule has 1 N–H and O–H groups in total. The van der Waals surface area contributed by atoms with Crippen molar-refractivity contribution in [1.29, 1.82) is 0 Å². The second-order valence-electron chi connectivity index (χ2n) is 5.13. The van der Waals surface area contributed by atoms with Gasteiger partial charge in [-0.25, -0.2) is 13.8 Å². The first-order chi connectivity index (χ1) is 8.88. The topological polar surface area (TPSA) is 34.1 Å². The van der Waals surface area contributed by atoms with Crippen molar-refractivity contribution >= 4 is 0 Å². The Labute approximate surface area is 113 Å². The Morgan fingerprint density at radius 1 is 1.21 bits per heavy atom. The molecular weight excluding hydrogens is 250 g/mol. The van der Waals surface area contributed by atoms with Gasteiger partial charge in [0, 0.05) is 24.3 Å². The third kappa shape index (κ3) is 5.96. The lowest BCUT2D eigenvalue weighted by Crippen LogP contribution is -2.22. The predicted octanol–water partition coefficient (Wildman–Crippen LogP) is 3.35. The summed E-state index contributed by atoms with van der Waals surface area (Å²) in [7, 11) is 0. The molecule has 0 saturated heterocycles. The molecule has 0 spiro atoms. The van der Waals surface area contributed by atoms with Gasteiger partial charge in [-0.1, -0.05) is 27.7 Å². The molecule has 3 nitrogen and oxygen atoms in total. The van der Waals surface area contributed by atoms with E-state index >= 15 is 0 Å². The van der Waals surface area contributed by atoms with E-state index < -0.39 is 13.0 Å². The Morgan fingerprint density at radius 3 is 2.42 bits per heavy atom. The van der Waals surface area contributed by atoms with Crippen LogP contribution >= 0.6 is 0 Å². The number of pyridine rings is 1. The molecule has 0 fully saturated rings. The second-order valence-corrected chi connectivity index (χ2v) is 5.13. The number of hydrogen-bond donors (Lipinski definition) is 1. The summed E-state index contributed by atoms with van der Waals surface area (Å²) in [5, 5.41) is 3.29. The highest BCUT2D eigenvalue weighted by atomic mass is 19.3. The lowest BCUT2D eigenvalue weighted by Gasteiger charge is -2.13. The minimum Gasteiger partial charge on any atom is -0.472 e. The fourth-order valence-corrected chi connectivity index (χ4v) is 1.52. The normalized spacial score (nSPS) is 11.6. The van der Waals surface area contributed by atoms with Crippen LogP contribution in [0.2, 0.25) is 0 Å². The van der Waals surface area contributed by atoms with E-state index in [0.29, 0.717) is 12.6 Å². The molecule has 0 atom stereocenters. The Morgan fingerprint density at radius 2 is 1.89 bits per heavy atom. The van der Waals surface area contributed by atoms with Gasteiger partial charge >= 0.3 is 0 Å². The predicted molar refractivity (Wildman–Crippen MR) is 71.8 cm³/mol. The highest BCUT2D eigenvalue weighted by molar-refractivity contribution is 5.26. The fourth-order valence-electron chi connectivity index (χ4n) is 1.52. The molecule has 0 aliphatic carbocycles. The Balaban J connectivity index is 2.84. The molecule has 108 valence electrons. The maximum absolute atomic E-state index is 12.2. The zero-order valence-electron chi connectivity index (χ0n) is 11.9. The van der Waals surface area contributed by atoms with E-state index in [0.717, 1.165) is 11.3 Å². The van der Waals surface area contributed by atoms with Crippen molar-refractivity contribution in [1.82, 2.24) is 10.3 Å². The molecule has 1 aromatic heterocycles. The molecule has 5 heteroatoms. The average molecular weight is 272 g/mol. The molecule has 0 bridgehead atoms. The number of nitrogens with zero attached hydrogens (tertiary/aromatic N) is 1. The molecule has 0 radical (unpaired) electrons. The summed E-state index contributed by atoms with van der Waals surface area (Å²) < 4.78 is 29.4. The number of nitrogens with one attached hydrogen (secondary N) is 1. The van der Waals surface area contributed by atoms with Gasteiger partial charge < -0.3 is 10.1 Å². The summed E-state index contributed by atoms with van der Waals surface area (Å²) in [5.74, 6) is 0.500. The Kier molecular flexibility index (Phi) is 6.15. The van der Waals surface area contributed by atoms with E-state index in [2.05, 4.69) is 24.1 Å². The Bertz CT molecular complexity index is 365. The van der Waals surface area contributed by atoms with Crippen LogP contribution in [0.3, 0.4) is 0 Å². The Hall–Kier alpha value is -1.23. The number of rotatable bonds is 7. The van der Waals surface area contributed by atoms with Crippen molar-refractivity contribution in [2.24, 2.45) is 0 Å². The number of hydrogen-bond acceptors (Lipinski definition) is 3. The summed E-state index contributed by atoms with van der Waals surface area (Å²) in [5.41, 5.74) is 1.85. The van der Waals surface area contributed by atoms with Gasteiger partial charge in [0.25, 0.3) is 6.43 Å². The third-order valence-electron chi connectivity index (χ3n) is 2.54. The summed E-state index contributed by atoms with van der Waals surface area (Å²) in [6, 6.07) is 4.06. The zero-order valence-corrected chi connectivity index (χ0v) is 11.9. The van der Waals surface area contributed by atoms with Gasteiger partial charge in [-0.3, -0.25) is 0 Å². The lowest BCUT2D eigenvalue weighted by molar-refractivity contribution is 0.0794. The van der Waals surface area contributed by atoms with Gasteiger partial charge in [-0.05, 0) is 17.5 Å². The molecule has 0 aliphatic rings. The molecule has 0 unspecified atom stereocenters. The first-order valence-electron chi connectivity index (χ1n) is 6.53.